The van der Waals surface area contributed by atoms with Crippen LogP contribution in [0.3, 0.4) is 0 Å². The summed E-state index contributed by atoms with van der Waals surface area (Å²) in [5, 5.41) is 5.46. The lowest BCUT2D eigenvalue weighted by Gasteiger charge is -2.35. The second-order valence-electron chi connectivity index (χ2n) is 21.8. The van der Waals surface area contributed by atoms with E-state index in [-0.39, 0.29) is 113 Å². The van der Waals surface area contributed by atoms with E-state index in [0.29, 0.717) is 37.9 Å². The molecule has 4 atom stereocenters. The van der Waals surface area contributed by atoms with Crippen molar-refractivity contribution in [3.05, 3.63) is 119 Å². The van der Waals surface area contributed by atoms with Gasteiger partial charge < -0.3 is 48.5 Å². The van der Waals surface area contributed by atoms with E-state index in [1.54, 1.807) is 62.4 Å². The Morgan fingerprint density at radius 1 is 0.446 bits per heavy atom. The maximum atomic E-state index is 13.0. The zero-order valence-corrected chi connectivity index (χ0v) is 49.9. The van der Waals surface area contributed by atoms with Gasteiger partial charge in [-0.2, -0.15) is 0 Å². The van der Waals surface area contributed by atoms with Crippen LogP contribution in [-0.2, 0) is 70.9 Å². The Hall–Kier alpha value is -5.08. The Kier molecular flexibility index (Phi) is 25.0. The Morgan fingerprint density at radius 3 is 1.13 bits per heavy atom. The SMILES string of the molecule is CC(C)(C(=O)NCCOCCOCCOCCNS(=O)(=O)c1ccc(O[C@H]2c3ccccc3C[C@@H]2N2CCCCC2)cc1)C(=O)NCCOCCOCCOCCNS(=O)(=O)c1ccc(O[C@H]2c3ccccc3C[C@@H]2N2CCCCC2)cc1. The highest BCUT2D eigenvalue weighted by Gasteiger charge is 2.40. The van der Waals surface area contributed by atoms with Crippen molar-refractivity contribution in [2.75, 3.05) is 132 Å². The summed E-state index contributed by atoms with van der Waals surface area (Å²) in [5.74, 6) is 0.380. The topological polar surface area (TPSA) is 231 Å². The van der Waals surface area contributed by atoms with Crippen LogP contribution in [0.15, 0.2) is 107 Å². The van der Waals surface area contributed by atoms with Gasteiger partial charge in [0.2, 0.25) is 31.9 Å². The number of benzene rings is 4. The molecule has 2 heterocycles. The van der Waals surface area contributed by atoms with Gasteiger partial charge >= 0.3 is 0 Å². The summed E-state index contributed by atoms with van der Waals surface area (Å²) in [4.78, 5) is 31.0. The Balaban J connectivity index is 0.577. The second-order valence-corrected chi connectivity index (χ2v) is 25.3. The van der Waals surface area contributed by atoms with Crippen molar-refractivity contribution >= 4 is 31.9 Å². The van der Waals surface area contributed by atoms with Gasteiger partial charge in [-0.25, -0.2) is 26.3 Å². The van der Waals surface area contributed by atoms with Crippen molar-refractivity contribution in [2.24, 2.45) is 5.41 Å². The van der Waals surface area contributed by atoms with Crippen molar-refractivity contribution in [1.82, 2.24) is 29.9 Å². The largest absolute Gasteiger partial charge is 0.484 e. The molecule has 20 nitrogen and oxygen atoms in total. The van der Waals surface area contributed by atoms with Gasteiger partial charge in [-0.1, -0.05) is 61.4 Å². The molecule has 8 rings (SSSR count). The first-order chi connectivity index (χ1) is 40.3. The number of piperidine rings is 2. The van der Waals surface area contributed by atoms with Gasteiger partial charge in [0.15, 0.2) is 0 Å². The van der Waals surface area contributed by atoms with Crippen molar-refractivity contribution in [1.29, 1.82) is 0 Å². The third-order valence-corrected chi connectivity index (χ3v) is 18.5. The quantitative estimate of drug-likeness (QED) is 0.0332. The smallest absolute Gasteiger partial charge is 0.240 e. The van der Waals surface area contributed by atoms with Gasteiger partial charge in [-0.05, 0) is 149 Å². The van der Waals surface area contributed by atoms with Crippen LogP contribution < -0.4 is 29.6 Å². The summed E-state index contributed by atoms with van der Waals surface area (Å²) in [6.45, 7) is 11.0. The standard InChI is InChI=1S/C61H86N6O14S2/c1-61(2,59(68)62-25-33-74-37-41-78-43-39-76-35-27-64-82(70,71)51-21-17-49(18-22-51)80-57-53-15-7-5-13-47(53)45-55(57)66-29-9-3-10-30-66)60(69)63-26-34-75-38-42-79-44-40-77-36-28-65-83(72,73)52-23-19-50(20-24-52)81-58-54-16-8-6-14-48(54)46-56(58)67-31-11-4-12-32-67/h5-8,13-24,55-58,64-65H,3-4,9-12,25-46H2,1-2H3,(H,62,68)(H,63,69)/t55-,56-,57-,58-/m0/s1. The summed E-state index contributed by atoms with van der Waals surface area (Å²) in [6, 6.07) is 30.5. The number of rotatable bonds is 36. The maximum absolute atomic E-state index is 13.0. The molecule has 456 valence electrons. The fourth-order valence-electron chi connectivity index (χ4n) is 11.0. The highest BCUT2D eigenvalue weighted by atomic mass is 32.2. The van der Waals surface area contributed by atoms with Gasteiger partial charge in [0.1, 0.15) is 29.1 Å². The molecule has 2 amide bonds. The van der Waals surface area contributed by atoms with E-state index < -0.39 is 37.3 Å². The van der Waals surface area contributed by atoms with Crippen LogP contribution in [-0.4, -0.2) is 182 Å². The van der Waals surface area contributed by atoms with Crippen LogP contribution in [0, 0.1) is 5.41 Å². The number of nitrogens with zero attached hydrogens (tertiary/aromatic N) is 2. The van der Waals surface area contributed by atoms with E-state index in [4.69, 9.17) is 37.9 Å². The molecule has 0 bridgehead atoms. The lowest BCUT2D eigenvalue weighted by Crippen LogP contribution is -2.49. The molecule has 83 heavy (non-hydrogen) atoms. The van der Waals surface area contributed by atoms with Gasteiger partial charge in [0.05, 0.1) is 101 Å². The third-order valence-electron chi connectivity index (χ3n) is 15.6. The number of hydrogen-bond donors (Lipinski definition) is 4. The lowest BCUT2D eigenvalue weighted by atomic mass is 9.91. The highest BCUT2D eigenvalue weighted by Crippen LogP contribution is 2.41. The molecule has 0 spiro atoms. The summed E-state index contributed by atoms with van der Waals surface area (Å²) in [6.07, 6.45) is 8.97. The molecule has 0 radical (unpaired) electrons. The van der Waals surface area contributed by atoms with E-state index >= 15 is 0 Å². The molecular formula is C61H86N6O14S2. The van der Waals surface area contributed by atoms with Crippen LogP contribution in [0.5, 0.6) is 11.5 Å². The molecule has 2 fully saturated rings. The number of amides is 2. The lowest BCUT2D eigenvalue weighted by molar-refractivity contribution is -0.141. The number of ether oxygens (including phenoxy) is 8. The summed E-state index contributed by atoms with van der Waals surface area (Å²) in [7, 11) is -7.50. The number of sulfonamides is 2. The van der Waals surface area contributed by atoms with E-state index in [2.05, 4.69) is 66.3 Å². The first-order valence-electron chi connectivity index (χ1n) is 29.5. The summed E-state index contributed by atoms with van der Waals surface area (Å²) in [5.41, 5.74) is 3.68. The van der Waals surface area contributed by atoms with Crippen LogP contribution in [0.2, 0.25) is 0 Å². The number of carbonyl (C=O) groups excluding carboxylic acids is 2. The number of nitrogens with one attached hydrogen (secondary N) is 4. The molecule has 2 saturated heterocycles. The number of hydrogen-bond acceptors (Lipinski definition) is 16. The molecule has 2 aliphatic heterocycles. The first kappa shape index (κ1) is 63.9. The molecule has 4 aromatic carbocycles. The summed E-state index contributed by atoms with van der Waals surface area (Å²) < 4.78 is 104. The third kappa shape index (κ3) is 19.0. The fraction of sp³-hybridized carbons (Fsp3) is 0.574. The first-order valence-corrected chi connectivity index (χ1v) is 32.5. The molecule has 4 aromatic rings. The van der Waals surface area contributed by atoms with Crippen molar-refractivity contribution in [2.45, 2.75) is 99.3 Å². The van der Waals surface area contributed by atoms with Crippen molar-refractivity contribution in [3.63, 3.8) is 0 Å². The highest BCUT2D eigenvalue weighted by molar-refractivity contribution is 7.89. The Labute approximate surface area is 491 Å². The van der Waals surface area contributed by atoms with E-state index in [1.165, 1.54) is 60.8 Å². The number of carbonyl (C=O) groups is 2. The molecule has 2 aliphatic carbocycles. The van der Waals surface area contributed by atoms with Gasteiger partial charge in [0.25, 0.3) is 0 Å². The molecule has 4 N–H and O–H groups in total. The predicted octanol–water partition coefficient (Wildman–Crippen LogP) is 5.36. The average Bonchev–Trinajstić information content (AvgIpc) is 3.98. The second kappa shape index (κ2) is 32.4. The predicted molar refractivity (Wildman–Crippen MR) is 313 cm³/mol. The molecule has 22 heteroatoms. The van der Waals surface area contributed by atoms with Crippen LogP contribution in [0.1, 0.15) is 86.8 Å². The maximum Gasteiger partial charge on any atom is 0.240 e. The molecule has 0 unspecified atom stereocenters. The number of fused-ring (bicyclic) bond motifs is 2. The monoisotopic (exact) mass is 1190 g/mol. The van der Waals surface area contributed by atoms with Gasteiger partial charge in [-0.15, -0.1) is 0 Å². The zero-order chi connectivity index (χ0) is 58.3. The Bertz CT molecular complexity index is 2660. The van der Waals surface area contributed by atoms with Crippen molar-refractivity contribution < 1.29 is 64.3 Å². The van der Waals surface area contributed by atoms with Gasteiger partial charge in [-0.3, -0.25) is 19.4 Å². The van der Waals surface area contributed by atoms with E-state index in [9.17, 15) is 26.4 Å². The average molecular weight is 1190 g/mol. The van der Waals surface area contributed by atoms with E-state index in [0.717, 1.165) is 39.0 Å². The van der Waals surface area contributed by atoms with Gasteiger partial charge in [0, 0.05) is 26.2 Å². The minimum absolute atomic E-state index is 0.0977. The molecule has 4 aliphatic rings. The minimum Gasteiger partial charge on any atom is -0.484 e. The van der Waals surface area contributed by atoms with Crippen LogP contribution in [0.4, 0.5) is 0 Å². The molecule has 0 saturated carbocycles. The van der Waals surface area contributed by atoms with Crippen LogP contribution >= 0.6 is 0 Å². The molecular weight excluding hydrogens is 1100 g/mol. The number of likely N-dealkylation sites (tertiary alicyclic amines) is 2. The Morgan fingerprint density at radius 2 is 0.771 bits per heavy atom. The van der Waals surface area contributed by atoms with E-state index in [1.807, 2.05) is 12.1 Å². The van der Waals surface area contributed by atoms with Crippen LogP contribution in [0.25, 0.3) is 0 Å². The fourth-order valence-corrected chi connectivity index (χ4v) is 13.0. The molecule has 0 aromatic heterocycles. The van der Waals surface area contributed by atoms with Crippen molar-refractivity contribution in [3.8, 4) is 11.5 Å². The zero-order valence-electron chi connectivity index (χ0n) is 48.3. The minimum atomic E-state index is -3.75. The summed E-state index contributed by atoms with van der Waals surface area (Å²) >= 11 is 0. The normalized spacial score (nSPS) is 19.5.